The van der Waals surface area contributed by atoms with Gasteiger partial charge in [-0.1, -0.05) is 60.7 Å². The molecule has 0 bridgehead atoms. The monoisotopic (exact) mass is 581 g/mol. The summed E-state index contributed by atoms with van der Waals surface area (Å²) in [5, 5.41) is 18.9. The van der Waals surface area contributed by atoms with Crippen LogP contribution in [0.1, 0.15) is 34.6 Å². The molecule has 1 fully saturated rings. The highest BCUT2D eigenvalue weighted by molar-refractivity contribution is 5.96. The van der Waals surface area contributed by atoms with Crippen LogP contribution in [0.4, 0.5) is 10.5 Å². The van der Waals surface area contributed by atoms with Crippen LogP contribution in [0.5, 0.6) is 5.75 Å². The number of carbonyl (C=O) groups excluding carboxylic acids is 2. The summed E-state index contributed by atoms with van der Waals surface area (Å²) in [6, 6.07) is 28.5. The predicted octanol–water partition coefficient (Wildman–Crippen LogP) is 5.16. The van der Waals surface area contributed by atoms with Gasteiger partial charge in [-0.05, 0) is 54.3 Å². The van der Waals surface area contributed by atoms with Crippen LogP contribution in [0.2, 0.25) is 0 Å². The van der Waals surface area contributed by atoms with Gasteiger partial charge in [0.2, 0.25) is 0 Å². The molecular formula is C34H39N5O4. The number of Topliss-reactive ketones (excluding diaryl/α,β-unsaturated/α-hetero) is 1. The van der Waals surface area contributed by atoms with Crippen molar-refractivity contribution in [2.75, 3.05) is 38.0 Å². The van der Waals surface area contributed by atoms with Gasteiger partial charge in [0.05, 0.1) is 17.9 Å². The van der Waals surface area contributed by atoms with Crippen LogP contribution in [0, 0.1) is 0 Å². The first-order valence-corrected chi connectivity index (χ1v) is 14.8. The minimum atomic E-state index is -0.428. The number of benzene rings is 3. The topological polar surface area (TPSA) is 119 Å². The van der Waals surface area contributed by atoms with Gasteiger partial charge in [0.1, 0.15) is 11.9 Å². The highest BCUT2D eigenvalue weighted by Gasteiger charge is 2.22. The number of aromatic amines is 1. The van der Waals surface area contributed by atoms with E-state index in [4.69, 9.17) is 4.74 Å². The fourth-order valence-electron chi connectivity index (χ4n) is 5.20. The van der Waals surface area contributed by atoms with Crippen molar-refractivity contribution >= 4 is 17.6 Å². The summed E-state index contributed by atoms with van der Waals surface area (Å²) < 4.78 is 5.74. The molecule has 0 radical (unpaired) electrons. The lowest BCUT2D eigenvalue weighted by Gasteiger charge is -2.31. The van der Waals surface area contributed by atoms with E-state index in [1.54, 1.807) is 12.1 Å². The van der Waals surface area contributed by atoms with Crippen molar-refractivity contribution in [2.45, 2.75) is 32.0 Å². The maximum absolute atomic E-state index is 12.7. The fraction of sp³-hybridized carbons (Fsp3) is 0.294. The number of anilines is 1. The highest BCUT2D eigenvalue weighted by Crippen LogP contribution is 2.28. The van der Waals surface area contributed by atoms with Crippen LogP contribution in [-0.4, -0.2) is 65.7 Å². The number of aromatic nitrogens is 1. The average Bonchev–Trinajstić information content (AvgIpc) is 3.51. The van der Waals surface area contributed by atoms with Crippen LogP contribution >= 0.6 is 0 Å². The number of ether oxygens (including phenoxy) is 1. The van der Waals surface area contributed by atoms with Gasteiger partial charge in [0.15, 0.2) is 5.78 Å². The number of likely N-dealkylation sites (tertiary alicyclic amines) is 1. The van der Waals surface area contributed by atoms with E-state index in [0.717, 1.165) is 60.5 Å². The second-order valence-corrected chi connectivity index (χ2v) is 10.8. The SMILES string of the molecule is O=C(Nc1ccccc1-c1ccccc1)OC1CCN(CCNCC(=O)c2ccc(CNCc3ccc(O)cc3)[nH]2)CC1. The zero-order valence-corrected chi connectivity index (χ0v) is 24.2. The Balaban J connectivity index is 0.957. The van der Waals surface area contributed by atoms with Crippen LogP contribution in [0.15, 0.2) is 91.0 Å². The van der Waals surface area contributed by atoms with Crippen molar-refractivity contribution in [3.8, 4) is 16.9 Å². The summed E-state index contributed by atoms with van der Waals surface area (Å²) in [6.45, 7) is 4.76. The summed E-state index contributed by atoms with van der Waals surface area (Å²) in [6.07, 6.45) is 1.01. The van der Waals surface area contributed by atoms with E-state index in [-0.39, 0.29) is 24.2 Å². The summed E-state index contributed by atoms with van der Waals surface area (Å²) >= 11 is 0. The average molecular weight is 582 g/mol. The number of hydrogen-bond acceptors (Lipinski definition) is 7. The normalized spacial score (nSPS) is 14.0. The van der Waals surface area contributed by atoms with E-state index >= 15 is 0 Å². The third-order valence-corrected chi connectivity index (χ3v) is 7.57. The standard InChI is InChI=1S/C34H39N5O4/c40-28-13-10-25(11-14-28)22-36-23-27-12-15-32(37-27)33(41)24-35-18-21-39-19-16-29(17-20-39)43-34(42)38-31-9-5-4-8-30(31)26-6-2-1-3-7-26/h1-15,29,35-37,40H,16-24H2,(H,38,42). The van der Waals surface area contributed by atoms with Crippen molar-refractivity contribution in [1.29, 1.82) is 0 Å². The molecule has 1 aromatic heterocycles. The number of para-hydroxylation sites is 1. The molecule has 0 spiro atoms. The smallest absolute Gasteiger partial charge is 0.411 e. The van der Waals surface area contributed by atoms with Gasteiger partial charge in [-0.2, -0.15) is 0 Å². The minimum Gasteiger partial charge on any atom is -0.508 e. The molecular weight excluding hydrogens is 542 g/mol. The number of phenols is 1. The first kappa shape index (κ1) is 30.0. The summed E-state index contributed by atoms with van der Waals surface area (Å²) in [7, 11) is 0. The molecule has 0 atom stereocenters. The lowest BCUT2D eigenvalue weighted by Crippen LogP contribution is -2.42. The highest BCUT2D eigenvalue weighted by atomic mass is 16.6. The Bertz CT molecular complexity index is 1460. The first-order chi connectivity index (χ1) is 21.0. The van der Waals surface area contributed by atoms with E-state index in [1.807, 2.05) is 78.9 Å². The first-order valence-electron chi connectivity index (χ1n) is 14.8. The van der Waals surface area contributed by atoms with Gasteiger partial charge in [-0.25, -0.2) is 4.79 Å². The number of carbonyl (C=O) groups is 2. The number of phenolic OH excluding ortho intramolecular Hbond substituents is 1. The zero-order valence-electron chi connectivity index (χ0n) is 24.2. The van der Waals surface area contributed by atoms with E-state index in [2.05, 4.69) is 25.8 Å². The molecule has 4 aromatic rings. The molecule has 43 heavy (non-hydrogen) atoms. The molecule has 1 aliphatic rings. The van der Waals surface area contributed by atoms with Crippen molar-refractivity contribution in [3.63, 3.8) is 0 Å². The van der Waals surface area contributed by atoms with Crippen molar-refractivity contribution in [2.24, 2.45) is 0 Å². The molecule has 0 unspecified atom stereocenters. The maximum Gasteiger partial charge on any atom is 0.411 e. The zero-order chi connectivity index (χ0) is 29.9. The molecule has 5 rings (SSSR count). The van der Waals surface area contributed by atoms with Crippen LogP contribution in [0.3, 0.4) is 0 Å². The summed E-state index contributed by atoms with van der Waals surface area (Å²) in [5.41, 5.74) is 5.34. The third-order valence-electron chi connectivity index (χ3n) is 7.57. The van der Waals surface area contributed by atoms with E-state index in [1.165, 1.54) is 0 Å². The molecule has 3 aromatic carbocycles. The predicted molar refractivity (Wildman–Crippen MR) is 168 cm³/mol. The third kappa shape index (κ3) is 9.02. The number of nitrogens with one attached hydrogen (secondary N) is 4. The molecule has 1 saturated heterocycles. The quantitative estimate of drug-likeness (QED) is 0.109. The van der Waals surface area contributed by atoms with E-state index in [9.17, 15) is 14.7 Å². The Hall–Kier alpha value is -4.44. The van der Waals surface area contributed by atoms with Gasteiger partial charge in [0.25, 0.3) is 0 Å². The van der Waals surface area contributed by atoms with Crippen molar-refractivity contribution in [1.82, 2.24) is 20.5 Å². The number of hydrogen-bond donors (Lipinski definition) is 5. The van der Waals surface area contributed by atoms with Gasteiger partial charge in [-0.3, -0.25) is 10.1 Å². The maximum atomic E-state index is 12.7. The Morgan fingerprint density at radius 2 is 1.60 bits per heavy atom. The molecule has 9 nitrogen and oxygen atoms in total. The van der Waals surface area contributed by atoms with Gasteiger partial charge in [0, 0.05) is 50.5 Å². The summed E-state index contributed by atoms with van der Waals surface area (Å²) in [5.74, 6) is 0.277. The lowest BCUT2D eigenvalue weighted by molar-refractivity contribution is 0.0593. The molecule has 1 aliphatic heterocycles. The number of piperidine rings is 1. The Morgan fingerprint density at radius 3 is 2.40 bits per heavy atom. The van der Waals surface area contributed by atoms with E-state index < -0.39 is 6.09 Å². The Morgan fingerprint density at radius 1 is 0.860 bits per heavy atom. The summed E-state index contributed by atoms with van der Waals surface area (Å²) in [4.78, 5) is 30.8. The molecule has 5 N–H and O–H groups in total. The largest absolute Gasteiger partial charge is 0.508 e. The molecule has 9 heteroatoms. The molecule has 0 aliphatic carbocycles. The van der Waals surface area contributed by atoms with Crippen LogP contribution in [-0.2, 0) is 17.8 Å². The molecule has 224 valence electrons. The second-order valence-electron chi connectivity index (χ2n) is 10.8. The Kier molecular flexibility index (Phi) is 10.6. The van der Waals surface area contributed by atoms with Crippen molar-refractivity contribution < 1.29 is 19.4 Å². The van der Waals surface area contributed by atoms with Crippen LogP contribution < -0.4 is 16.0 Å². The minimum absolute atomic E-state index is 0.0248. The lowest BCUT2D eigenvalue weighted by atomic mass is 10.0. The number of amides is 1. The van der Waals surface area contributed by atoms with Crippen molar-refractivity contribution in [3.05, 3.63) is 108 Å². The fourth-order valence-corrected chi connectivity index (χ4v) is 5.20. The number of aromatic hydroxyl groups is 1. The van der Waals surface area contributed by atoms with Gasteiger partial charge >= 0.3 is 6.09 Å². The van der Waals surface area contributed by atoms with Gasteiger partial charge < -0.3 is 30.4 Å². The number of ketones is 1. The second kappa shape index (κ2) is 15.2. The number of nitrogens with zero attached hydrogens (tertiary/aromatic N) is 1. The molecule has 1 amide bonds. The Labute approximate surface area is 252 Å². The van der Waals surface area contributed by atoms with Crippen LogP contribution in [0.25, 0.3) is 11.1 Å². The number of rotatable bonds is 13. The number of H-pyrrole nitrogens is 1. The molecule has 2 heterocycles. The van der Waals surface area contributed by atoms with Gasteiger partial charge in [-0.15, -0.1) is 0 Å². The molecule has 0 saturated carbocycles. The van der Waals surface area contributed by atoms with E-state index in [0.29, 0.717) is 25.3 Å².